The molecule has 0 N–H and O–H groups in total. The van der Waals surface area contributed by atoms with Crippen LogP contribution in [0.1, 0.15) is 86.5 Å². The summed E-state index contributed by atoms with van der Waals surface area (Å²) in [5.74, 6) is 1.09. The van der Waals surface area contributed by atoms with E-state index in [4.69, 9.17) is 4.74 Å². The molecule has 0 saturated heterocycles. The van der Waals surface area contributed by atoms with Crippen LogP contribution in [0.4, 0.5) is 0 Å². The van der Waals surface area contributed by atoms with Crippen molar-refractivity contribution in [2.75, 3.05) is 0 Å². The van der Waals surface area contributed by atoms with Gasteiger partial charge in [-0.3, -0.25) is 4.79 Å². The van der Waals surface area contributed by atoms with Crippen LogP contribution >= 0.6 is 0 Å². The molecule has 1 fully saturated rings. The Labute approximate surface area is 125 Å². The smallest absolute Gasteiger partial charge is 0.312 e. The molecule has 0 aliphatic heterocycles. The van der Waals surface area contributed by atoms with Crippen molar-refractivity contribution < 1.29 is 9.53 Å². The largest absolute Gasteiger partial charge is 0.459 e. The van der Waals surface area contributed by atoms with E-state index < -0.39 is 0 Å². The maximum Gasteiger partial charge on any atom is 0.312 e. The van der Waals surface area contributed by atoms with Crippen molar-refractivity contribution in [2.24, 2.45) is 17.3 Å². The standard InChI is InChI=1S/C18H34O2/c1-7-18(10-8-9-11-18)20-16(19)17(6,12-14(2)3)13-15(4)5/h14-15H,7-13H2,1-6H3. The van der Waals surface area contributed by atoms with E-state index >= 15 is 0 Å². The predicted octanol–water partition coefficient (Wildman–Crippen LogP) is 5.35. The lowest BCUT2D eigenvalue weighted by molar-refractivity contribution is -0.173. The molecule has 0 amide bonds. The van der Waals surface area contributed by atoms with Gasteiger partial charge in [0.25, 0.3) is 0 Å². The zero-order chi connectivity index (χ0) is 15.4. The zero-order valence-electron chi connectivity index (χ0n) is 14.4. The van der Waals surface area contributed by atoms with Crippen LogP contribution in [0.15, 0.2) is 0 Å². The molecule has 1 saturated carbocycles. The molecule has 0 unspecified atom stereocenters. The van der Waals surface area contributed by atoms with Crippen molar-refractivity contribution in [1.82, 2.24) is 0 Å². The van der Waals surface area contributed by atoms with E-state index in [0.717, 1.165) is 32.1 Å². The van der Waals surface area contributed by atoms with E-state index in [1.165, 1.54) is 12.8 Å². The first-order valence-electron chi connectivity index (χ1n) is 8.46. The summed E-state index contributed by atoms with van der Waals surface area (Å²) >= 11 is 0. The molecule has 2 nitrogen and oxygen atoms in total. The van der Waals surface area contributed by atoms with Crippen LogP contribution in [0, 0.1) is 17.3 Å². The van der Waals surface area contributed by atoms with E-state index in [1.54, 1.807) is 0 Å². The third-order valence-electron chi connectivity index (χ3n) is 4.68. The summed E-state index contributed by atoms with van der Waals surface area (Å²) in [6, 6.07) is 0. The first kappa shape index (κ1) is 17.5. The molecule has 1 aliphatic carbocycles. The number of carbonyl (C=O) groups excluding carboxylic acids is 1. The first-order chi connectivity index (χ1) is 9.23. The van der Waals surface area contributed by atoms with Crippen molar-refractivity contribution in [2.45, 2.75) is 92.1 Å². The third-order valence-corrected chi connectivity index (χ3v) is 4.68. The lowest BCUT2D eigenvalue weighted by atomic mass is 9.75. The lowest BCUT2D eigenvalue weighted by Gasteiger charge is -2.36. The Kier molecular flexibility index (Phi) is 6.09. The van der Waals surface area contributed by atoms with E-state index in [2.05, 4.69) is 41.5 Å². The minimum absolute atomic E-state index is 0.0450. The van der Waals surface area contributed by atoms with Crippen LogP contribution in [0.2, 0.25) is 0 Å². The summed E-state index contributed by atoms with van der Waals surface area (Å²) in [5.41, 5.74) is -0.487. The molecular weight excluding hydrogens is 248 g/mol. The molecule has 0 spiro atoms. The van der Waals surface area contributed by atoms with E-state index in [0.29, 0.717) is 11.8 Å². The van der Waals surface area contributed by atoms with Gasteiger partial charge >= 0.3 is 5.97 Å². The topological polar surface area (TPSA) is 26.3 Å². The second-order valence-electron chi connectivity index (χ2n) is 7.89. The number of ether oxygens (including phenoxy) is 1. The predicted molar refractivity (Wildman–Crippen MR) is 84.6 cm³/mol. The van der Waals surface area contributed by atoms with Gasteiger partial charge < -0.3 is 4.74 Å². The molecule has 2 heteroatoms. The Morgan fingerprint density at radius 3 is 1.90 bits per heavy atom. The molecular formula is C18H34O2. The van der Waals surface area contributed by atoms with Gasteiger partial charge in [0.05, 0.1) is 5.41 Å². The summed E-state index contributed by atoms with van der Waals surface area (Å²) in [5, 5.41) is 0. The summed E-state index contributed by atoms with van der Waals surface area (Å²) in [7, 11) is 0. The van der Waals surface area contributed by atoms with Gasteiger partial charge in [-0.15, -0.1) is 0 Å². The van der Waals surface area contributed by atoms with E-state index in [9.17, 15) is 4.79 Å². The van der Waals surface area contributed by atoms with Gasteiger partial charge in [0.1, 0.15) is 5.60 Å². The first-order valence-corrected chi connectivity index (χ1v) is 8.46. The molecule has 118 valence electrons. The molecule has 1 aliphatic rings. The quantitative estimate of drug-likeness (QED) is 0.588. The summed E-state index contributed by atoms with van der Waals surface area (Å²) in [4.78, 5) is 12.8. The SMILES string of the molecule is CCC1(OC(=O)C(C)(CC(C)C)CC(C)C)CCCC1. The average Bonchev–Trinajstić information content (AvgIpc) is 2.76. The Bertz CT molecular complexity index is 301. The molecule has 0 aromatic carbocycles. The molecule has 0 heterocycles. The fourth-order valence-corrected chi connectivity index (χ4v) is 3.92. The van der Waals surface area contributed by atoms with Gasteiger partial charge in [0.2, 0.25) is 0 Å². The summed E-state index contributed by atoms with van der Waals surface area (Å²) in [6.07, 6.45) is 7.30. The summed E-state index contributed by atoms with van der Waals surface area (Å²) in [6.45, 7) is 13.0. The lowest BCUT2D eigenvalue weighted by Crippen LogP contribution is -2.40. The fourth-order valence-electron chi connectivity index (χ4n) is 3.92. The molecule has 20 heavy (non-hydrogen) atoms. The van der Waals surface area contributed by atoms with Gasteiger partial charge in [-0.05, 0) is 63.7 Å². The zero-order valence-corrected chi connectivity index (χ0v) is 14.4. The van der Waals surface area contributed by atoms with Crippen molar-refractivity contribution in [3.8, 4) is 0 Å². The van der Waals surface area contributed by atoms with Crippen molar-refractivity contribution in [1.29, 1.82) is 0 Å². The second-order valence-corrected chi connectivity index (χ2v) is 7.89. The molecule has 0 atom stereocenters. The highest BCUT2D eigenvalue weighted by atomic mass is 16.6. The van der Waals surface area contributed by atoms with Crippen molar-refractivity contribution in [3.63, 3.8) is 0 Å². The van der Waals surface area contributed by atoms with Crippen molar-refractivity contribution in [3.05, 3.63) is 0 Å². The van der Waals surface area contributed by atoms with Gasteiger partial charge in [-0.25, -0.2) is 0 Å². The van der Waals surface area contributed by atoms with Crippen LogP contribution in [0.25, 0.3) is 0 Å². The van der Waals surface area contributed by atoms with Crippen LogP contribution in [-0.4, -0.2) is 11.6 Å². The maximum absolute atomic E-state index is 12.8. The number of carbonyl (C=O) groups is 1. The minimum atomic E-state index is -0.326. The highest BCUT2D eigenvalue weighted by Gasteiger charge is 2.42. The highest BCUT2D eigenvalue weighted by Crippen LogP contribution is 2.41. The number of hydrogen-bond acceptors (Lipinski definition) is 2. The van der Waals surface area contributed by atoms with Crippen molar-refractivity contribution >= 4 is 5.97 Å². The monoisotopic (exact) mass is 282 g/mol. The molecule has 0 bridgehead atoms. The van der Waals surface area contributed by atoms with Gasteiger partial charge in [0.15, 0.2) is 0 Å². The highest BCUT2D eigenvalue weighted by molar-refractivity contribution is 5.77. The number of hydrogen-bond donors (Lipinski definition) is 0. The van der Waals surface area contributed by atoms with Gasteiger partial charge in [-0.2, -0.15) is 0 Å². The second kappa shape index (κ2) is 6.95. The minimum Gasteiger partial charge on any atom is -0.459 e. The summed E-state index contributed by atoms with van der Waals surface area (Å²) < 4.78 is 6.08. The van der Waals surface area contributed by atoms with Crippen LogP contribution < -0.4 is 0 Å². The molecule has 1 rings (SSSR count). The van der Waals surface area contributed by atoms with Gasteiger partial charge in [0, 0.05) is 0 Å². The third kappa shape index (κ3) is 4.49. The van der Waals surface area contributed by atoms with E-state index in [-0.39, 0.29) is 17.0 Å². The fraction of sp³-hybridized carbons (Fsp3) is 0.944. The Hall–Kier alpha value is -0.530. The normalized spacial score (nSPS) is 18.8. The molecule has 0 aromatic heterocycles. The maximum atomic E-state index is 12.8. The van der Waals surface area contributed by atoms with Crippen LogP contribution in [0.5, 0.6) is 0 Å². The molecule has 0 radical (unpaired) electrons. The number of rotatable bonds is 7. The number of esters is 1. The Morgan fingerprint density at radius 1 is 1.10 bits per heavy atom. The van der Waals surface area contributed by atoms with Crippen LogP contribution in [0.3, 0.4) is 0 Å². The van der Waals surface area contributed by atoms with E-state index in [1.807, 2.05) is 0 Å². The molecule has 0 aromatic rings. The Balaban J connectivity index is 2.81. The average molecular weight is 282 g/mol. The van der Waals surface area contributed by atoms with Crippen LogP contribution in [-0.2, 0) is 9.53 Å². The van der Waals surface area contributed by atoms with Gasteiger partial charge in [-0.1, -0.05) is 34.6 Å². The Morgan fingerprint density at radius 2 is 1.55 bits per heavy atom.